The van der Waals surface area contributed by atoms with Crippen molar-refractivity contribution in [2.75, 3.05) is 20.7 Å². The Morgan fingerprint density at radius 1 is 1.73 bits per heavy atom. The highest BCUT2D eigenvalue weighted by atomic mass is 16.6. The molecular formula is C8H14N2O. The molecule has 62 valence electrons. The Morgan fingerprint density at radius 3 is 3.18 bits per heavy atom. The number of oxime groups is 1. The van der Waals surface area contributed by atoms with Gasteiger partial charge in [-0.3, -0.25) is 4.90 Å². The maximum Gasteiger partial charge on any atom is 0.106 e. The Hall–Kier alpha value is -0.830. The summed E-state index contributed by atoms with van der Waals surface area (Å²) in [7, 11) is 3.64. The summed E-state index contributed by atoms with van der Waals surface area (Å²) in [5.41, 5.74) is 0. The predicted octanol–water partition coefficient (Wildman–Crippen LogP) is 0.879. The zero-order valence-electron chi connectivity index (χ0n) is 7.03. The molecule has 0 aliphatic carbocycles. The SMILES string of the molecule is CON=CC1C=CCCN1C. The lowest BCUT2D eigenvalue weighted by atomic mass is 10.1. The Morgan fingerprint density at radius 2 is 2.55 bits per heavy atom. The van der Waals surface area contributed by atoms with Crippen LogP contribution in [0.25, 0.3) is 0 Å². The van der Waals surface area contributed by atoms with Gasteiger partial charge in [-0.25, -0.2) is 0 Å². The van der Waals surface area contributed by atoms with Gasteiger partial charge >= 0.3 is 0 Å². The van der Waals surface area contributed by atoms with Crippen LogP contribution in [0.4, 0.5) is 0 Å². The summed E-state index contributed by atoms with van der Waals surface area (Å²) in [5.74, 6) is 0. The number of likely N-dealkylation sites (N-methyl/N-ethyl adjacent to an activating group) is 1. The molecule has 1 unspecified atom stereocenters. The van der Waals surface area contributed by atoms with Crippen LogP contribution in [0.1, 0.15) is 6.42 Å². The van der Waals surface area contributed by atoms with Gasteiger partial charge in [0.2, 0.25) is 0 Å². The number of nitrogens with zero attached hydrogens (tertiary/aromatic N) is 2. The third-order valence-corrected chi connectivity index (χ3v) is 1.81. The van der Waals surface area contributed by atoms with Crippen molar-refractivity contribution >= 4 is 6.21 Å². The van der Waals surface area contributed by atoms with E-state index < -0.39 is 0 Å². The average molecular weight is 154 g/mol. The topological polar surface area (TPSA) is 24.8 Å². The third-order valence-electron chi connectivity index (χ3n) is 1.81. The van der Waals surface area contributed by atoms with Crippen molar-refractivity contribution in [3.63, 3.8) is 0 Å². The van der Waals surface area contributed by atoms with E-state index in [0.717, 1.165) is 13.0 Å². The summed E-state index contributed by atoms with van der Waals surface area (Å²) >= 11 is 0. The highest BCUT2D eigenvalue weighted by molar-refractivity contribution is 5.66. The maximum absolute atomic E-state index is 4.60. The molecule has 0 saturated carbocycles. The summed E-state index contributed by atoms with van der Waals surface area (Å²) in [5, 5.41) is 3.73. The molecule has 0 bridgehead atoms. The molecule has 0 spiro atoms. The molecule has 0 N–H and O–H groups in total. The monoisotopic (exact) mass is 154 g/mol. The summed E-state index contributed by atoms with van der Waals surface area (Å²) in [6, 6.07) is 0.309. The third kappa shape index (κ3) is 2.35. The first-order valence-corrected chi connectivity index (χ1v) is 3.78. The molecule has 1 aliphatic rings. The van der Waals surface area contributed by atoms with Gasteiger partial charge in [-0.2, -0.15) is 0 Å². The zero-order chi connectivity index (χ0) is 8.10. The molecule has 0 radical (unpaired) electrons. The lowest BCUT2D eigenvalue weighted by molar-refractivity contribution is 0.211. The van der Waals surface area contributed by atoms with E-state index in [1.54, 1.807) is 13.3 Å². The van der Waals surface area contributed by atoms with Crippen LogP contribution in [-0.2, 0) is 4.84 Å². The van der Waals surface area contributed by atoms with E-state index in [1.165, 1.54) is 0 Å². The molecule has 0 fully saturated rings. The first-order chi connectivity index (χ1) is 5.34. The van der Waals surface area contributed by atoms with Gasteiger partial charge in [-0.05, 0) is 13.5 Å². The van der Waals surface area contributed by atoms with Crippen LogP contribution >= 0.6 is 0 Å². The van der Waals surface area contributed by atoms with Crippen LogP contribution < -0.4 is 0 Å². The van der Waals surface area contributed by atoms with Gasteiger partial charge in [0.05, 0.1) is 12.3 Å². The molecule has 1 heterocycles. The molecule has 0 aromatic heterocycles. The molecule has 1 rings (SSSR count). The molecule has 0 saturated heterocycles. The zero-order valence-corrected chi connectivity index (χ0v) is 7.03. The molecular weight excluding hydrogens is 140 g/mol. The van der Waals surface area contributed by atoms with Gasteiger partial charge in [-0.15, -0.1) is 0 Å². The van der Waals surface area contributed by atoms with Crippen LogP contribution in [0, 0.1) is 0 Å². The lowest BCUT2D eigenvalue weighted by Crippen LogP contribution is -2.34. The Kier molecular flexibility index (Phi) is 3.11. The van der Waals surface area contributed by atoms with Gasteiger partial charge in [-0.1, -0.05) is 17.3 Å². The lowest BCUT2D eigenvalue weighted by Gasteiger charge is -2.24. The molecule has 0 aromatic carbocycles. The van der Waals surface area contributed by atoms with Crippen molar-refractivity contribution in [1.82, 2.24) is 4.90 Å². The van der Waals surface area contributed by atoms with Gasteiger partial charge in [0.15, 0.2) is 0 Å². The average Bonchev–Trinajstić information content (AvgIpc) is 2.03. The molecule has 11 heavy (non-hydrogen) atoms. The molecule has 0 aromatic rings. The van der Waals surface area contributed by atoms with E-state index in [9.17, 15) is 0 Å². The van der Waals surface area contributed by atoms with Gasteiger partial charge in [0.25, 0.3) is 0 Å². The normalized spacial score (nSPS) is 26.2. The van der Waals surface area contributed by atoms with Gasteiger partial charge < -0.3 is 4.84 Å². The second kappa shape index (κ2) is 4.13. The smallest absolute Gasteiger partial charge is 0.106 e. The minimum Gasteiger partial charge on any atom is -0.399 e. The summed E-state index contributed by atoms with van der Waals surface area (Å²) in [6.07, 6.45) is 7.24. The quantitative estimate of drug-likeness (QED) is 0.335. The van der Waals surface area contributed by atoms with E-state index in [2.05, 4.69) is 34.1 Å². The van der Waals surface area contributed by atoms with E-state index in [-0.39, 0.29) is 0 Å². The largest absolute Gasteiger partial charge is 0.399 e. The van der Waals surface area contributed by atoms with E-state index in [4.69, 9.17) is 0 Å². The van der Waals surface area contributed by atoms with Crippen LogP contribution in [0.15, 0.2) is 17.3 Å². The van der Waals surface area contributed by atoms with Crippen molar-refractivity contribution in [2.24, 2.45) is 5.16 Å². The van der Waals surface area contributed by atoms with Crippen molar-refractivity contribution in [1.29, 1.82) is 0 Å². The van der Waals surface area contributed by atoms with Gasteiger partial charge in [0, 0.05) is 6.54 Å². The second-order valence-electron chi connectivity index (χ2n) is 2.63. The molecule has 3 heteroatoms. The van der Waals surface area contributed by atoms with E-state index in [1.807, 2.05) is 0 Å². The second-order valence-corrected chi connectivity index (χ2v) is 2.63. The predicted molar refractivity (Wildman–Crippen MR) is 45.7 cm³/mol. The van der Waals surface area contributed by atoms with Crippen molar-refractivity contribution in [3.05, 3.63) is 12.2 Å². The van der Waals surface area contributed by atoms with Crippen LogP contribution in [0.2, 0.25) is 0 Å². The van der Waals surface area contributed by atoms with Crippen molar-refractivity contribution in [3.8, 4) is 0 Å². The number of hydrogen-bond donors (Lipinski definition) is 0. The Labute approximate surface area is 67.3 Å². The highest BCUT2D eigenvalue weighted by Crippen LogP contribution is 2.04. The molecule has 3 nitrogen and oxygen atoms in total. The fourth-order valence-electron chi connectivity index (χ4n) is 1.10. The van der Waals surface area contributed by atoms with Crippen LogP contribution in [0.5, 0.6) is 0 Å². The Bertz CT molecular complexity index is 165. The first kappa shape index (κ1) is 8.27. The standard InChI is InChI=1S/C8H14N2O/c1-10-6-4-3-5-8(10)7-9-11-2/h3,5,7-8H,4,6H2,1-2H3. The Balaban J connectivity index is 2.47. The van der Waals surface area contributed by atoms with E-state index >= 15 is 0 Å². The summed E-state index contributed by atoms with van der Waals surface area (Å²) < 4.78 is 0. The first-order valence-electron chi connectivity index (χ1n) is 3.78. The molecule has 1 atom stereocenters. The summed E-state index contributed by atoms with van der Waals surface area (Å²) in [4.78, 5) is 6.83. The summed E-state index contributed by atoms with van der Waals surface area (Å²) in [6.45, 7) is 1.09. The van der Waals surface area contributed by atoms with Crippen LogP contribution in [0.3, 0.4) is 0 Å². The van der Waals surface area contributed by atoms with Crippen molar-refractivity contribution < 1.29 is 4.84 Å². The molecule has 1 aliphatic heterocycles. The van der Waals surface area contributed by atoms with Crippen molar-refractivity contribution in [2.45, 2.75) is 12.5 Å². The highest BCUT2D eigenvalue weighted by Gasteiger charge is 2.11. The fourth-order valence-corrected chi connectivity index (χ4v) is 1.10. The number of hydrogen-bond acceptors (Lipinski definition) is 3. The van der Waals surface area contributed by atoms with Gasteiger partial charge in [0.1, 0.15) is 7.11 Å². The minimum atomic E-state index is 0.309. The maximum atomic E-state index is 4.60. The fraction of sp³-hybridized carbons (Fsp3) is 0.625. The molecule has 0 amide bonds. The van der Waals surface area contributed by atoms with Crippen LogP contribution in [-0.4, -0.2) is 37.9 Å². The number of rotatable bonds is 2. The van der Waals surface area contributed by atoms with E-state index in [0.29, 0.717) is 6.04 Å². The minimum absolute atomic E-state index is 0.309.